The molecular weight excluding hydrogens is 418 g/mol. The number of carbonyl (C=O) groups is 3. The first kappa shape index (κ1) is 21.8. The van der Waals surface area contributed by atoms with E-state index in [1.807, 2.05) is 30.3 Å². The summed E-state index contributed by atoms with van der Waals surface area (Å²) < 4.78 is 0. The summed E-state index contributed by atoms with van der Waals surface area (Å²) in [5.41, 5.74) is 4.02. The number of aliphatic hydroxyl groups is 1. The van der Waals surface area contributed by atoms with E-state index in [9.17, 15) is 19.5 Å². The van der Waals surface area contributed by atoms with Crippen LogP contribution < -0.4 is 5.32 Å². The van der Waals surface area contributed by atoms with Gasteiger partial charge in [-0.2, -0.15) is 0 Å². The van der Waals surface area contributed by atoms with E-state index < -0.39 is 6.04 Å². The highest BCUT2D eigenvalue weighted by atomic mass is 16.3. The minimum Gasteiger partial charge on any atom is -0.395 e. The van der Waals surface area contributed by atoms with Crippen LogP contribution in [0.5, 0.6) is 0 Å². The third-order valence-electron chi connectivity index (χ3n) is 7.30. The number of imide groups is 1. The maximum atomic E-state index is 12.9. The van der Waals surface area contributed by atoms with Crippen LogP contribution in [0.3, 0.4) is 0 Å². The Hall–Kier alpha value is -3.03. The molecule has 7 heteroatoms. The zero-order valence-corrected chi connectivity index (χ0v) is 18.6. The van der Waals surface area contributed by atoms with Crippen molar-refractivity contribution in [2.75, 3.05) is 13.2 Å². The topological polar surface area (TPSA) is 90.0 Å². The highest BCUT2D eigenvalue weighted by Gasteiger charge is 2.39. The monoisotopic (exact) mass is 447 g/mol. The van der Waals surface area contributed by atoms with Crippen molar-refractivity contribution in [1.82, 2.24) is 15.1 Å². The zero-order valence-electron chi connectivity index (χ0n) is 18.6. The van der Waals surface area contributed by atoms with E-state index >= 15 is 0 Å². The summed E-state index contributed by atoms with van der Waals surface area (Å²) in [6.07, 6.45) is 2.49. The Kier molecular flexibility index (Phi) is 6.00. The van der Waals surface area contributed by atoms with Crippen molar-refractivity contribution in [2.24, 2.45) is 0 Å². The minimum atomic E-state index is -0.592. The van der Waals surface area contributed by atoms with E-state index in [0.29, 0.717) is 24.4 Å². The number of hydrogen-bond donors (Lipinski definition) is 2. The lowest BCUT2D eigenvalue weighted by Crippen LogP contribution is -2.52. The number of likely N-dealkylation sites (tertiary alicyclic amines) is 1. The Morgan fingerprint density at radius 2 is 1.85 bits per heavy atom. The first-order valence-corrected chi connectivity index (χ1v) is 11.7. The van der Waals surface area contributed by atoms with E-state index in [1.165, 1.54) is 11.1 Å². The fraction of sp³-hybridized carbons (Fsp3) is 0.423. The van der Waals surface area contributed by atoms with Crippen molar-refractivity contribution in [3.05, 3.63) is 70.8 Å². The van der Waals surface area contributed by atoms with Gasteiger partial charge in [-0.3, -0.25) is 24.6 Å². The number of benzene rings is 2. The molecule has 3 heterocycles. The third kappa shape index (κ3) is 4.30. The maximum absolute atomic E-state index is 12.9. The number of rotatable bonds is 5. The second-order valence-electron chi connectivity index (χ2n) is 9.33. The normalized spacial score (nSPS) is 25.8. The van der Waals surface area contributed by atoms with Crippen LogP contribution in [0.2, 0.25) is 0 Å². The molecular formula is C26H29N3O4. The number of amides is 3. The van der Waals surface area contributed by atoms with Crippen LogP contribution in [0.1, 0.15) is 58.6 Å². The fourth-order valence-electron chi connectivity index (χ4n) is 5.47. The molecule has 172 valence electrons. The number of nitrogens with zero attached hydrogens (tertiary/aromatic N) is 2. The van der Waals surface area contributed by atoms with E-state index in [4.69, 9.17) is 0 Å². The van der Waals surface area contributed by atoms with Crippen molar-refractivity contribution in [1.29, 1.82) is 0 Å². The van der Waals surface area contributed by atoms with Crippen LogP contribution in [0, 0.1) is 0 Å². The minimum absolute atomic E-state index is 0.0961. The third-order valence-corrected chi connectivity index (χ3v) is 7.30. The molecule has 2 N–H and O–H groups in total. The Labute approximate surface area is 193 Å². The van der Waals surface area contributed by atoms with Crippen molar-refractivity contribution < 1.29 is 19.5 Å². The van der Waals surface area contributed by atoms with Gasteiger partial charge in [0.2, 0.25) is 11.8 Å². The second-order valence-corrected chi connectivity index (χ2v) is 9.33. The van der Waals surface area contributed by atoms with Gasteiger partial charge < -0.3 is 10.0 Å². The molecule has 3 aliphatic heterocycles. The van der Waals surface area contributed by atoms with E-state index in [0.717, 1.165) is 31.5 Å². The molecule has 0 aromatic heterocycles. The summed E-state index contributed by atoms with van der Waals surface area (Å²) in [5, 5.41) is 12.4. The first-order valence-electron chi connectivity index (χ1n) is 11.7. The molecule has 2 fully saturated rings. The Morgan fingerprint density at radius 1 is 1.03 bits per heavy atom. The van der Waals surface area contributed by atoms with Crippen molar-refractivity contribution in [3.8, 4) is 0 Å². The van der Waals surface area contributed by atoms with Crippen LogP contribution in [0.15, 0.2) is 48.5 Å². The lowest BCUT2D eigenvalue weighted by molar-refractivity contribution is -0.136. The van der Waals surface area contributed by atoms with Gasteiger partial charge in [0.05, 0.1) is 6.61 Å². The fourth-order valence-corrected chi connectivity index (χ4v) is 5.47. The average molecular weight is 448 g/mol. The number of carbonyl (C=O) groups excluding carboxylic acids is 3. The van der Waals surface area contributed by atoms with Crippen molar-refractivity contribution in [3.63, 3.8) is 0 Å². The summed E-state index contributed by atoms with van der Waals surface area (Å²) >= 11 is 0. The molecule has 2 saturated heterocycles. The molecule has 7 nitrogen and oxygen atoms in total. The smallest absolute Gasteiger partial charge is 0.255 e. The lowest BCUT2D eigenvalue weighted by Gasteiger charge is -2.39. The summed E-state index contributed by atoms with van der Waals surface area (Å²) in [6, 6.07) is 15.8. The number of aliphatic hydroxyl groups excluding tert-OH is 1. The predicted octanol–water partition coefficient (Wildman–Crippen LogP) is 2.19. The van der Waals surface area contributed by atoms with Crippen LogP contribution in [0.4, 0.5) is 0 Å². The number of fused-ring (bicyclic) bond motifs is 1. The van der Waals surface area contributed by atoms with Gasteiger partial charge in [-0.15, -0.1) is 0 Å². The standard InChI is InChI=1S/C26H29N3O4/c30-16-21-13-19(10-11-28(21)14-17-4-2-1-3-5-17)18-6-7-22-20(12-18)15-29(26(22)33)23-8-9-24(31)27-25(23)32/h1-7,12,19,21,23,30H,8-11,13-16H2,(H,27,31,32). The summed E-state index contributed by atoms with van der Waals surface area (Å²) in [6.45, 7) is 2.25. The number of piperidine rings is 2. The quantitative estimate of drug-likeness (QED) is 0.686. The molecule has 0 spiro atoms. The highest BCUT2D eigenvalue weighted by molar-refractivity contribution is 6.05. The van der Waals surface area contributed by atoms with Crippen LogP contribution in [-0.2, 0) is 22.7 Å². The molecule has 3 unspecified atom stereocenters. The second kappa shape index (κ2) is 9.08. The van der Waals surface area contributed by atoms with Gasteiger partial charge in [-0.05, 0) is 54.5 Å². The SMILES string of the molecule is O=C1CCC(N2Cc3cc(C4CCN(Cc5ccccc5)C(CO)C4)ccc3C2=O)C(=O)N1. The van der Waals surface area contributed by atoms with Gasteiger partial charge in [0.15, 0.2) is 0 Å². The summed E-state index contributed by atoms with van der Waals surface area (Å²) in [4.78, 5) is 40.6. The van der Waals surface area contributed by atoms with E-state index in [-0.39, 0.29) is 36.8 Å². The molecule has 0 bridgehead atoms. The molecule has 33 heavy (non-hydrogen) atoms. The zero-order chi connectivity index (χ0) is 22.9. The van der Waals surface area contributed by atoms with Gasteiger partial charge in [0, 0.05) is 31.1 Å². The lowest BCUT2D eigenvalue weighted by atomic mass is 9.84. The summed E-state index contributed by atoms with van der Waals surface area (Å²) in [5.74, 6) is -0.486. The molecule has 2 aromatic rings. The van der Waals surface area contributed by atoms with Crippen LogP contribution >= 0.6 is 0 Å². The Morgan fingerprint density at radius 3 is 2.61 bits per heavy atom. The molecule has 0 aliphatic carbocycles. The average Bonchev–Trinajstić information content (AvgIpc) is 3.15. The van der Waals surface area contributed by atoms with Crippen LogP contribution in [-0.4, -0.2) is 57.9 Å². The Bertz CT molecular complexity index is 1070. The molecule has 3 atom stereocenters. The van der Waals surface area contributed by atoms with Gasteiger partial charge >= 0.3 is 0 Å². The molecule has 5 rings (SSSR count). The highest BCUT2D eigenvalue weighted by Crippen LogP contribution is 2.35. The number of hydrogen-bond acceptors (Lipinski definition) is 5. The predicted molar refractivity (Wildman–Crippen MR) is 122 cm³/mol. The van der Waals surface area contributed by atoms with Crippen molar-refractivity contribution >= 4 is 17.7 Å². The largest absolute Gasteiger partial charge is 0.395 e. The molecule has 3 aliphatic rings. The van der Waals surface area contributed by atoms with Gasteiger partial charge in [0.25, 0.3) is 5.91 Å². The van der Waals surface area contributed by atoms with E-state index in [2.05, 4.69) is 28.4 Å². The van der Waals surface area contributed by atoms with Gasteiger partial charge in [-0.1, -0.05) is 42.5 Å². The summed E-state index contributed by atoms with van der Waals surface area (Å²) in [7, 11) is 0. The van der Waals surface area contributed by atoms with Crippen LogP contribution in [0.25, 0.3) is 0 Å². The first-order chi connectivity index (χ1) is 16.0. The number of nitrogens with one attached hydrogen (secondary N) is 1. The molecule has 3 amide bonds. The molecule has 0 radical (unpaired) electrons. The van der Waals surface area contributed by atoms with Gasteiger partial charge in [0.1, 0.15) is 6.04 Å². The van der Waals surface area contributed by atoms with Crippen molar-refractivity contribution in [2.45, 2.75) is 56.8 Å². The van der Waals surface area contributed by atoms with E-state index in [1.54, 1.807) is 4.90 Å². The maximum Gasteiger partial charge on any atom is 0.255 e. The van der Waals surface area contributed by atoms with Gasteiger partial charge in [-0.25, -0.2) is 0 Å². The molecule has 0 saturated carbocycles. The molecule has 2 aromatic carbocycles. The Balaban J connectivity index is 1.28.